The number of carbonyl (C=O) groups is 2. The number of nitrogens with zero attached hydrogens (tertiary/aromatic N) is 2. The summed E-state index contributed by atoms with van der Waals surface area (Å²) in [5.74, 6) is 1.40. The molecule has 0 saturated carbocycles. The molecule has 0 spiro atoms. The highest BCUT2D eigenvalue weighted by Crippen LogP contribution is 2.72. The fourth-order valence-electron chi connectivity index (χ4n) is 6.63. The smallest absolute Gasteiger partial charge is 0.451 e. The molecule has 2 aromatic carbocycles. The van der Waals surface area contributed by atoms with E-state index in [1.54, 1.807) is 19.0 Å². The van der Waals surface area contributed by atoms with Crippen molar-refractivity contribution in [2.24, 2.45) is 0 Å². The van der Waals surface area contributed by atoms with Gasteiger partial charge in [0.05, 0.1) is 47.4 Å². The van der Waals surface area contributed by atoms with Crippen LogP contribution in [-0.4, -0.2) is 72.2 Å². The van der Waals surface area contributed by atoms with E-state index in [4.69, 9.17) is 9.72 Å². The minimum atomic E-state index is -4.96. The van der Waals surface area contributed by atoms with Crippen molar-refractivity contribution in [2.75, 3.05) is 37.5 Å². The van der Waals surface area contributed by atoms with Gasteiger partial charge < -0.3 is 24.8 Å². The van der Waals surface area contributed by atoms with Crippen LogP contribution in [0.3, 0.4) is 0 Å². The van der Waals surface area contributed by atoms with Gasteiger partial charge in [-0.3, -0.25) is 4.79 Å². The first kappa shape index (κ1) is 33.2. The molecular formula is C32H35BrF3N3O5P+. The molecule has 0 radical (unpaired) electrons. The summed E-state index contributed by atoms with van der Waals surface area (Å²) in [5, 5.41) is 14.1. The second-order valence-corrected chi connectivity index (χ2v) is 16.1. The largest absolute Gasteiger partial charge is 0.573 e. The summed E-state index contributed by atoms with van der Waals surface area (Å²) in [7, 11) is -1.07. The van der Waals surface area contributed by atoms with Crippen LogP contribution >= 0.6 is 23.2 Å². The highest BCUT2D eigenvalue weighted by molar-refractivity contribution is 9.10. The van der Waals surface area contributed by atoms with Gasteiger partial charge in [-0.15, -0.1) is 13.2 Å². The fraction of sp³-hybridized carbons (Fsp3) is 0.406. The Kier molecular flexibility index (Phi) is 9.23. The molecule has 1 saturated heterocycles. The zero-order valence-corrected chi connectivity index (χ0v) is 27.9. The lowest BCUT2D eigenvalue weighted by Crippen LogP contribution is -2.55. The summed E-state index contributed by atoms with van der Waals surface area (Å²) >= 11 is 3.51. The van der Waals surface area contributed by atoms with E-state index in [9.17, 15) is 27.9 Å². The molecule has 1 amide bonds. The molecule has 1 fully saturated rings. The summed E-state index contributed by atoms with van der Waals surface area (Å²) in [6.07, 6.45) is -3.74. The van der Waals surface area contributed by atoms with Crippen LogP contribution in [0.1, 0.15) is 48.2 Å². The van der Waals surface area contributed by atoms with Crippen molar-refractivity contribution in [3.63, 3.8) is 0 Å². The standard InChI is InChI=1S/C32H34BrF3N3O5P/c1-5-39(19(2)17-43-4)28-20(3)27(23-16-21(33)10-11-25(23)37-28)29(40)38-31-12-14-45(15-13-31,30(41)42)18-24(31)22-8-6-7-9-26(22)44-32(34,35)36/h6-11,16,18-19H,5,12-15,17H2,1-4H3,(H-,38,40,41,42)/p+1/t19-,31?,45?/m1/s1. The van der Waals surface area contributed by atoms with Gasteiger partial charge in [0.1, 0.15) is 11.6 Å². The zero-order chi connectivity index (χ0) is 32.7. The Morgan fingerprint density at radius 3 is 2.51 bits per heavy atom. The molecule has 3 aliphatic heterocycles. The quantitative estimate of drug-likeness (QED) is 0.206. The molecule has 13 heteroatoms. The van der Waals surface area contributed by atoms with Gasteiger partial charge >= 0.3 is 12.1 Å². The molecule has 2 bridgehead atoms. The number of pyridine rings is 1. The molecule has 3 aromatic rings. The average molecular weight is 710 g/mol. The Balaban J connectivity index is 1.66. The predicted molar refractivity (Wildman–Crippen MR) is 174 cm³/mol. The number of hydrogen-bond acceptors (Lipinski definition) is 6. The Morgan fingerprint density at radius 1 is 1.20 bits per heavy atom. The molecule has 2 N–H and O–H groups in total. The Hall–Kier alpha value is -3.21. The molecule has 45 heavy (non-hydrogen) atoms. The second-order valence-electron chi connectivity index (χ2n) is 11.6. The SMILES string of the molecule is CCN(c1nc2ccc(Br)cc2c(C(=O)NC23CC[P+](C(=O)O)(C=C2c2ccccc2OC(F)(F)F)CC3)c1C)[C@H](C)COC. The van der Waals surface area contributed by atoms with E-state index in [0.29, 0.717) is 58.9 Å². The number of halogens is 4. The predicted octanol–water partition coefficient (Wildman–Crippen LogP) is 8.08. The summed E-state index contributed by atoms with van der Waals surface area (Å²) < 4.78 is 50.9. The second kappa shape index (κ2) is 12.5. The molecule has 0 unspecified atom stereocenters. The first-order chi connectivity index (χ1) is 21.2. The number of rotatable bonds is 10. The number of anilines is 1. The maximum absolute atomic E-state index is 14.6. The number of carbonyl (C=O) groups excluding carboxylic acids is 1. The van der Waals surface area contributed by atoms with Crippen LogP contribution in [0.15, 0.2) is 52.8 Å². The zero-order valence-electron chi connectivity index (χ0n) is 25.4. The van der Waals surface area contributed by atoms with Gasteiger partial charge in [-0.2, -0.15) is 0 Å². The Bertz CT molecular complexity index is 1670. The van der Waals surface area contributed by atoms with E-state index in [-0.39, 0.29) is 24.4 Å². The molecule has 8 nitrogen and oxygen atoms in total. The molecule has 1 atom stereocenters. The van der Waals surface area contributed by atoms with Gasteiger partial charge in [0.2, 0.25) is 0 Å². The van der Waals surface area contributed by atoms with E-state index in [1.165, 1.54) is 18.2 Å². The van der Waals surface area contributed by atoms with Gasteiger partial charge in [-0.25, -0.2) is 9.78 Å². The van der Waals surface area contributed by atoms with Gasteiger partial charge in [0.25, 0.3) is 5.91 Å². The topological polar surface area (TPSA) is 101 Å². The van der Waals surface area contributed by atoms with E-state index in [2.05, 4.69) is 30.9 Å². The Labute approximate surface area is 268 Å². The van der Waals surface area contributed by atoms with Crippen molar-refractivity contribution in [1.29, 1.82) is 0 Å². The number of fused-ring (bicyclic) bond motifs is 3. The lowest BCUT2D eigenvalue weighted by atomic mass is 9.79. The van der Waals surface area contributed by atoms with Crippen LogP contribution < -0.4 is 15.0 Å². The van der Waals surface area contributed by atoms with E-state index < -0.39 is 36.5 Å². The van der Waals surface area contributed by atoms with Crippen LogP contribution in [0.25, 0.3) is 16.5 Å². The molecule has 3 aliphatic rings. The van der Waals surface area contributed by atoms with Gasteiger partial charge in [0, 0.05) is 53.1 Å². The van der Waals surface area contributed by atoms with Crippen molar-refractivity contribution in [3.05, 3.63) is 69.4 Å². The number of methoxy groups -OCH3 is 1. The minimum absolute atomic E-state index is 0.0435. The number of nitrogens with one attached hydrogen (secondary N) is 1. The number of alkyl halides is 3. The van der Waals surface area contributed by atoms with E-state index in [0.717, 1.165) is 4.47 Å². The maximum Gasteiger partial charge on any atom is 0.573 e. The third-order valence-corrected chi connectivity index (χ3v) is 12.9. The Morgan fingerprint density at radius 2 is 1.89 bits per heavy atom. The van der Waals surface area contributed by atoms with Gasteiger partial charge in [-0.05, 0) is 45.0 Å². The van der Waals surface area contributed by atoms with Crippen LogP contribution in [0.4, 0.5) is 23.8 Å². The summed E-state index contributed by atoms with van der Waals surface area (Å²) in [6.45, 7) is 6.90. The normalized spacial score (nSPS) is 21.7. The first-order valence-electron chi connectivity index (χ1n) is 14.6. The van der Waals surface area contributed by atoms with Crippen LogP contribution in [0, 0.1) is 6.92 Å². The summed E-state index contributed by atoms with van der Waals surface area (Å²) in [4.78, 5) is 34.1. The van der Waals surface area contributed by atoms with Gasteiger partial charge in [-0.1, -0.05) is 34.1 Å². The van der Waals surface area contributed by atoms with E-state index >= 15 is 0 Å². The number of benzene rings is 2. The number of aromatic nitrogens is 1. The molecule has 0 aliphatic carbocycles. The number of para-hydroxylation sites is 1. The van der Waals surface area contributed by atoms with Crippen molar-refractivity contribution in [3.8, 4) is 5.75 Å². The number of amides is 1. The van der Waals surface area contributed by atoms with Crippen LogP contribution in [0.2, 0.25) is 0 Å². The van der Waals surface area contributed by atoms with Crippen molar-refractivity contribution in [1.82, 2.24) is 10.3 Å². The average Bonchev–Trinajstić information content (AvgIpc) is 2.98. The molecule has 4 heterocycles. The summed E-state index contributed by atoms with van der Waals surface area (Å²) in [5.41, 5.74) is 0.0570. The lowest BCUT2D eigenvalue weighted by Gasteiger charge is -2.46. The third-order valence-electron chi connectivity index (χ3n) is 8.85. The van der Waals surface area contributed by atoms with Crippen molar-refractivity contribution < 1.29 is 37.3 Å². The van der Waals surface area contributed by atoms with Crippen LogP contribution in [-0.2, 0) is 4.74 Å². The lowest BCUT2D eigenvalue weighted by molar-refractivity contribution is -0.274. The fourth-order valence-corrected chi connectivity index (χ4v) is 10.4. The molecular weight excluding hydrogens is 674 g/mol. The minimum Gasteiger partial charge on any atom is -0.451 e. The van der Waals surface area contributed by atoms with Gasteiger partial charge in [0.15, 0.2) is 7.26 Å². The van der Waals surface area contributed by atoms with Crippen molar-refractivity contribution >= 4 is 57.1 Å². The van der Waals surface area contributed by atoms with Crippen molar-refractivity contribution in [2.45, 2.75) is 51.6 Å². The van der Waals surface area contributed by atoms with Crippen LogP contribution in [0.5, 0.6) is 5.75 Å². The maximum atomic E-state index is 14.6. The summed E-state index contributed by atoms with van der Waals surface area (Å²) in [6, 6.07) is 11.2. The molecule has 240 valence electrons. The number of ether oxygens (including phenoxy) is 2. The highest BCUT2D eigenvalue weighted by atomic mass is 79.9. The molecule has 6 rings (SSSR count). The first-order valence-corrected chi connectivity index (χ1v) is 17.6. The molecule has 1 aromatic heterocycles. The number of carboxylic acid groups (broad SMARTS) is 1. The highest BCUT2D eigenvalue weighted by Gasteiger charge is 2.60. The number of hydrogen-bond donors (Lipinski definition) is 2. The monoisotopic (exact) mass is 708 g/mol. The third kappa shape index (κ3) is 6.29. The number of likely N-dealkylation sites (N-methyl/N-ethyl adjacent to an activating group) is 1. The van der Waals surface area contributed by atoms with E-state index in [1.807, 2.05) is 39.0 Å².